The monoisotopic (exact) mass is 235 g/mol. The molecule has 0 radical (unpaired) electrons. The fraction of sp³-hybridized carbons (Fsp3) is 0.750. The van der Waals surface area contributed by atoms with Crippen LogP contribution in [0.2, 0.25) is 0 Å². The minimum absolute atomic E-state index is 0.336. The van der Waals surface area contributed by atoms with Gasteiger partial charge >= 0.3 is 0 Å². The zero-order chi connectivity index (χ0) is 12.3. The van der Waals surface area contributed by atoms with Crippen LogP contribution in [0.1, 0.15) is 50.3 Å². The summed E-state index contributed by atoms with van der Waals surface area (Å²) in [5, 5.41) is 0. The number of hydrogen-bond donors (Lipinski definition) is 1. The molecular weight excluding hydrogens is 214 g/mol. The van der Waals surface area contributed by atoms with Crippen LogP contribution in [-0.2, 0) is 0 Å². The fourth-order valence-corrected chi connectivity index (χ4v) is 2.32. The largest absolute Gasteiger partial charge is 0.368 e. The number of aromatic nitrogens is 3. The highest BCUT2D eigenvalue weighted by molar-refractivity contribution is 5.33. The Labute approximate surface area is 102 Å². The summed E-state index contributed by atoms with van der Waals surface area (Å²) in [6.07, 6.45) is 7.56. The van der Waals surface area contributed by atoms with E-state index in [-0.39, 0.29) is 0 Å². The van der Waals surface area contributed by atoms with Crippen molar-refractivity contribution in [3.63, 3.8) is 0 Å². The van der Waals surface area contributed by atoms with E-state index in [0.29, 0.717) is 17.8 Å². The van der Waals surface area contributed by atoms with Crippen LogP contribution in [0.3, 0.4) is 0 Å². The molecule has 0 aromatic carbocycles. The summed E-state index contributed by atoms with van der Waals surface area (Å²) < 4.78 is 0. The van der Waals surface area contributed by atoms with Gasteiger partial charge in [0.25, 0.3) is 0 Å². The molecule has 1 aliphatic rings. The Balaban J connectivity index is 2.23. The zero-order valence-electron chi connectivity index (χ0n) is 10.7. The standard InChI is InChI=1S/C12H21N5/c1-17(2)12-15-10(14-11(13)16-12)9-7-5-3-4-6-8-9/h9H,3-8H2,1-2H3,(H2,13,14,15,16). The summed E-state index contributed by atoms with van der Waals surface area (Å²) in [5.41, 5.74) is 5.75. The van der Waals surface area contributed by atoms with Crippen molar-refractivity contribution in [2.24, 2.45) is 0 Å². The van der Waals surface area contributed by atoms with Gasteiger partial charge in [0.05, 0.1) is 0 Å². The summed E-state index contributed by atoms with van der Waals surface area (Å²) in [4.78, 5) is 14.8. The Morgan fingerprint density at radius 3 is 2.24 bits per heavy atom. The molecule has 0 saturated heterocycles. The van der Waals surface area contributed by atoms with Crippen LogP contribution in [0.5, 0.6) is 0 Å². The number of anilines is 2. The highest BCUT2D eigenvalue weighted by Gasteiger charge is 2.19. The highest BCUT2D eigenvalue weighted by atomic mass is 15.3. The van der Waals surface area contributed by atoms with E-state index in [1.165, 1.54) is 38.5 Å². The van der Waals surface area contributed by atoms with Crippen LogP contribution >= 0.6 is 0 Å². The first-order chi connectivity index (χ1) is 8.16. The number of nitrogen functional groups attached to an aromatic ring is 1. The topological polar surface area (TPSA) is 67.9 Å². The molecule has 0 aliphatic heterocycles. The molecule has 17 heavy (non-hydrogen) atoms. The van der Waals surface area contributed by atoms with Gasteiger partial charge in [-0.2, -0.15) is 15.0 Å². The van der Waals surface area contributed by atoms with E-state index in [2.05, 4.69) is 15.0 Å². The second-order valence-corrected chi connectivity index (χ2v) is 4.93. The Kier molecular flexibility index (Phi) is 3.76. The molecular formula is C12H21N5. The van der Waals surface area contributed by atoms with E-state index in [4.69, 9.17) is 5.73 Å². The predicted octanol–water partition coefficient (Wildman–Crippen LogP) is 1.96. The third-order valence-electron chi connectivity index (χ3n) is 3.28. The van der Waals surface area contributed by atoms with Crippen molar-refractivity contribution >= 4 is 11.9 Å². The van der Waals surface area contributed by atoms with E-state index in [1.54, 1.807) is 0 Å². The minimum Gasteiger partial charge on any atom is -0.368 e. The Morgan fingerprint density at radius 2 is 1.65 bits per heavy atom. The van der Waals surface area contributed by atoms with Crippen LogP contribution in [0, 0.1) is 0 Å². The van der Waals surface area contributed by atoms with Gasteiger partial charge in [-0.25, -0.2) is 0 Å². The quantitative estimate of drug-likeness (QED) is 0.794. The van der Waals surface area contributed by atoms with E-state index in [9.17, 15) is 0 Å². The average molecular weight is 235 g/mol. The predicted molar refractivity (Wildman–Crippen MR) is 69.0 cm³/mol. The summed E-state index contributed by atoms with van der Waals surface area (Å²) in [6.45, 7) is 0. The molecule has 1 aromatic heterocycles. The third-order valence-corrected chi connectivity index (χ3v) is 3.28. The van der Waals surface area contributed by atoms with Crippen molar-refractivity contribution in [3.8, 4) is 0 Å². The first-order valence-electron chi connectivity index (χ1n) is 6.35. The molecule has 5 nitrogen and oxygen atoms in total. The second kappa shape index (κ2) is 5.29. The maximum absolute atomic E-state index is 5.75. The van der Waals surface area contributed by atoms with Gasteiger partial charge in [-0.05, 0) is 12.8 Å². The number of hydrogen-bond acceptors (Lipinski definition) is 5. The van der Waals surface area contributed by atoms with Gasteiger partial charge in [-0.1, -0.05) is 25.7 Å². The molecule has 0 bridgehead atoms. The van der Waals surface area contributed by atoms with Gasteiger partial charge < -0.3 is 10.6 Å². The number of rotatable bonds is 2. The van der Waals surface area contributed by atoms with Crippen molar-refractivity contribution in [2.45, 2.75) is 44.4 Å². The second-order valence-electron chi connectivity index (χ2n) is 4.93. The molecule has 0 amide bonds. The highest BCUT2D eigenvalue weighted by Crippen LogP contribution is 2.30. The Bertz CT molecular complexity index is 369. The van der Waals surface area contributed by atoms with Crippen molar-refractivity contribution < 1.29 is 0 Å². The lowest BCUT2D eigenvalue weighted by atomic mass is 10.00. The van der Waals surface area contributed by atoms with Gasteiger partial charge in [0.1, 0.15) is 5.82 Å². The van der Waals surface area contributed by atoms with Gasteiger partial charge in [-0.15, -0.1) is 0 Å². The maximum atomic E-state index is 5.75. The van der Waals surface area contributed by atoms with Gasteiger partial charge in [-0.3, -0.25) is 0 Å². The van der Waals surface area contributed by atoms with Crippen molar-refractivity contribution in [2.75, 3.05) is 24.7 Å². The van der Waals surface area contributed by atoms with Crippen LogP contribution < -0.4 is 10.6 Å². The number of nitrogens with two attached hydrogens (primary N) is 1. The molecule has 1 aromatic rings. The SMILES string of the molecule is CN(C)c1nc(N)nc(C2CCCCCC2)n1. The number of nitrogens with zero attached hydrogens (tertiary/aromatic N) is 4. The summed E-state index contributed by atoms with van der Waals surface area (Å²) in [6, 6.07) is 0. The third kappa shape index (κ3) is 3.05. The van der Waals surface area contributed by atoms with Gasteiger partial charge in [0.2, 0.25) is 11.9 Å². The van der Waals surface area contributed by atoms with E-state index < -0.39 is 0 Å². The smallest absolute Gasteiger partial charge is 0.229 e. The molecule has 5 heteroatoms. The molecule has 2 N–H and O–H groups in total. The normalized spacial score (nSPS) is 17.8. The molecule has 1 fully saturated rings. The van der Waals surface area contributed by atoms with E-state index in [0.717, 1.165) is 5.82 Å². The lowest BCUT2D eigenvalue weighted by molar-refractivity contribution is 0.558. The Hall–Kier alpha value is -1.39. The molecule has 0 spiro atoms. The fourth-order valence-electron chi connectivity index (χ4n) is 2.32. The molecule has 1 aliphatic carbocycles. The molecule has 94 valence electrons. The van der Waals surface area contributed by atoms with Crippen molar-refractivity contribution in [1.82, 2.24) is 15.0 Å². The average Bonchev–Trinajstić information content (AvgIpc) is 2.56. The minimum atomic E-state index is 0.336. The lowest BCUT2D eigenvalue weighted by Gasteiger charge is -2.16. The van der Waals surface area contributed by atoms with Gasteiger partial charge in [0.15, 0.2) is 0 Å². The van der Waals surface area contributed by atoms with E-state index >= 15 is 0 Å². The van der Waals surface area contributed by atoms with Gasteiger partial charge in [0, 0.05) is 20.0 Å². The molecule has 1 saturated carbocycles. The summed E-state index contributed by atoms with van der Waals surface area (Å²) in [7, 11) is 3.84. The molecule has 0 atom stereocenters. The van der Waals surface area contributed by atoms with E-state index in [1.807, 2.05) is 19.0 Å². The first-order valence-corrected chi connectivity index (χ1v) is 6.35. The Morgan fingerprint density at radius 1 is 1.00 bits per heavy atom. The zero-order valence-corrected chi connectivity index (χ0v) is 10.7. The van der Waals surface area contributed by atoms with Crippen molar-refractivity contribution in [1.29, 1.82) is 0 Å². The molecule has 1 heterocycles. The summed E-state index contributed by atoms with van der Waals surface area (Å²) in [5.74, 6) is 2.34. The maximum Gasteiger partial charge on any atom is 0.229 e. The summed E-state index contributed by atoms with van der Waals surface area (Å²) >= 11 is 0. The lowest BCUT2D eigenvalue weighted by Crippen LogP contribution is -2.17. The van der Waals surface area contributed by atoms with Crippen LogP contribution in [0.4, 0.5) is 11.9 Å². The van der Waals surface area contributed by atoms with Crippen LogP contribution in [-0.4, -0.2) is 29.0 Å². The molecule has 0 unspecified atom stereocenters. The molecule has 2 rings (SSSR count). The first kappa shape index (κ1) is 12.1. The van der Waals surface area contributed by atoms with Crippen LogP contribution in [0.25, 0.3) is 0 Å². The van der Waals surface area contributed by atoms with Crippen LogP contribution in [0.15, 0.2) is 0 Å². The van der Waals surface area contributed by atoms with Crippen molar-refractivity contribution in [3.05, 3.63) is 5.82 Å².